The summed E-state index contributed by atoms with van der Waals surface area (Å²) in [6, 6.07) is 17.0. The summed E-state index contributed by atoms with van der Waals surface area (Å²) in [5, 5.41) is 11.6. The van der Waals surface area contributed by atoms with Crippen LogP contribution in [0.4, 0.5) is 4.79 Å². The number of rotatable bonds is 4. The van der Waals surface area contributed by atoms with Crippen LogP contribution in [0.25, 0.3) is 28.4 Å². The normalized spacial score (nSPS) is 16.7. The van der Waals surface area contributed by atoms with Gasteiger partial charge in [0.25, 0.3) is 0 Å². The number of Topliss-reactive ketones (excluding diaryl/α,β-unsaturated/α-hetero) is 1. The first-order valence-electron chi connectivity index (χ1n) is 13.7. The lowest BCUT2D eigenvalue weighted by molar-refractivity contribution is 0.0137. The Labute approximate surface area is 238 Å². The van der Waals surface area contributed by atoms with Gasteiger partial charge in [0.15, 0.2) is 5.76 Å². The number of phenolic OH excluding ortho intramolecular Hbond substituents is 1. The summed E-state index contributed by atoms with van der Waals surface area (Å²) in [5.74, 6) is 0.395. The van der Waals surface area contributed by atoms with Crippen molar-refractivity contribution >= 4 is 29.0 Å². The van der Waals surface area contributed by atoms with Crippen LogP contribution in [0.3, 0.4) is 0 Å². The van der Waals surface area contributed by atoms with E-state index in [0.717, 1.165) is 22.2 Å². The summed E-state index contributed by atoms with van der Waals surface area (Å²) in [7, 11) is 0. The summed E-state index contributed by atoms with van der Waals surface area (Å²) >= 11 is 0. The van der Waals surface area contributed by atoms with Crippen molar-refractivity contribution < 1.29 is 24.2 Å². The molecule has 0 saturated carbocycles. The second-order valence-corrected chi connectivity index (χ2v) is 11.3. The molecule has 2 aliphatic rings. The Hall–Kier alpha value is -4.63. The molecule has 4 aromatic rings. The average molecular weight is 553 g/mol. The van der Waals surface area contributed by atoms with Gasteiger partial charge in [-0.05, 0) is 51.1 Å². The predicted molar refractivity (Wildman–Crippen MR) is 156 cm³/mol. The van der Waals surface area contributed by atoms with Crippen LogP contribution < -0.4 is 4.74 Å². The second kappa shape index (κ2) is 10.4. The van der Waals surface area contributed by atoms with E-state index in [1.165, 1.54) is 6.07 Å². The third kappa shape index (κ3) is 5.40. The number of carbonyl (C=O) groups excluding carboxylic acids is 2. The van der Waals surface area contributed by atoms with E-state index < -0.39 is 5.60 Å². The van der Waals surface area contributed by atoms with E-state index in [1.54, 1.807) is 17.0 Å². The van der Waals surface area contributed by atoms with E-state index >= 15 is 0 Å². The number of carbonyl (C=O) groups is 2. The van der Waals surface area contributed by atoms with E-state index in [2.05, 4.69) is 9.88 Å². The quantitative estimate of drug-likeness (QED) is 0.317. The lowest BCUT2D eigenvalue weighted by Crippen LogP contribution is -2.49. The van der Waals surface area contributed by atoms with Crippen molar-refractivity contribution in [2.45, 2.75) is 32.9 Å². The van der Waals surface area contributed by atoms with Gasteiger partial charge >= 0.3 is 6.09 Å². The third-order valence-corrected chi connectivity index (χ3v) is 7.25. The first kappa shape index (κ1) is 26.6. The van der Waals surface area contributed by atoms with Gasteiger partial charge in [0.1, 0.15) is 22.7 Å². The number of nitrogens with one attached hydrogen (secondary N) is 1. The van der Waals surface area contributed by atoms with Crippen molar-refractivity contribution in [2.75, 3.05) is 26.2 Å². The van der Waals surface area contributed by atoms with Gasteiger partial charge in [0.2, 0.25) is 5.78 Å². The Morgan fingerprint density at radius 1 is 1.07 bits per heavy atom. The first-order valence-corrected chi connectivity index (χ1v) is 13.7. The van der Waals surface area contributed by atoms with E-state index in [1.807, 2.05) is 69.4 Å². The standard InChI is InChI=1S/C32H32N4O5/c1-32(2,3)41-31(39)36-15-13-35(14-16-36)19-24-26(37)12-10-23-28(38)27(40-29(23)24)17-21-18-33-30-22(21)9-11-25(34-30)20-7-5-4-6-8-20/h4-12,17-18,37H,13-16,19H2,1-3H3,(H,33,34)/b27-17-. The fourth-order valence-corrected chi connectivity index (χ4v) is 5.14. The largest absolute Gasteiger partial charge is 0.507 e. The maximum atomic E-state index is 13.3. The molecule has 1 saturated heterocycles. The molecule has 6 rings (SSSR count). The van der Waals surface area contributed by atoms with Crippen molar-refractivity contribution in [1.82, 2.24) is 19.8 Å². The van der Waals surface area contributed by atoms with Crippen molar-refractivity contribution in [3.63, 3.8) is 0 Å². The molecule has 0 spiro atoms. The number of hydrogen-bond donors (Lipinski definition) is 2. The minimum Gasteiger partial charge on any atom is -0.507 e. The molecule has 2 N–H and O–H groups in total. The number of aromatic hydroxyl groups is 1. The van der Waals surface area contributed by atoms with E-state index in [4.69, 9.17) is 14.5 Å². The molecule has 0 radical (unpaired) electrons. The Morgan fingerprint density at radius 2 is 1.83 bits per heavy atom. The van der Waals surface area contributed by atoms with Crippen LogP contribution in [0, 0.1) is 0 Å². The van der Waals surface area contributed by atoms with Crippen LogP contribution in [0.1, 0.15) is 42.3 Å². The van der Waals surface area contributed by atoms with Gasteiger partial charge in [-0.25, -0.2) is 9.78 Å². The number of ketones is 1. The van der Waals surface area contributed by atoms with Crippen molar-refractivity contribution in [3.05, 3.63) is 83.2 Å². The zero-order chi connectivity index (χ0) is 28.7. The van der Waals surface area contributed by atoms with Crippen LogP contribution in [0.2, 0.25) is 0 Å². The first-order chi connectivity index (χ1) is 19.7. The van der Waals surface area contributed by atoms with Crippen molar-refractivity contribution in [1.29, 1.82) is 0 Å². The number of allylic oxidation sites excluding steroid dienone is 1. The molecule has 0 aliphatic carbocycles. The number of piperazine rings is 1. The zero-order valence-corrected chi connectivity index (χ0v) is 23.3. The average Bonchev–Trinajstić information content (AvgIpc) is 3.50. The fourth-order valence-electron chi connectivity index (χ4n) is 5.14. The molecule has 2 aromatic carbocycles. The molecule has 4 heterocycles. The molecule has 0 atom stereocenters. The Morgan fingerprint density at radius 3 is 2.56 bits per heavy atom. The SMILES string of the molecule is CC(C)(C)OC(=O)N1CCN(Cc2c(O)ccc3c2O/C(=C\c2c[nH]c4nc(-c5ccccc5)ccc24)C3=O)CC1. The molecule has 0 bridgehead atoms. The number of H-pyrrole nitrogens is 1. The van der Waals surface area contributed by atoms with Crippen molar-refractivity contribution in [2.24, 2.45) is 0 Å². The molecule has 0 unspecified atom stereocenters. The minimum absolute atomic E-state index is 0.0668. The monoisotopic (exact) mass is 552 g/mol. The lowest BCUT2D eigenvalue weighted by atomic mass is 10.0. The van der Waals surface area contributed by atoms with Crippen molar-refractivity contribution in [3.8, 4) is 22.8 Å². The van der Waals surface area contributed by atoms with Crippen LogP contribution in [-0.2, 0) is 11.3 Å². The Bertz CT molecular complexity index is 1660. The molecule has 9 heteroatoms. The highest BCUT2D eigenvalue weighted by Crippen LogP contribution is 2.40. The molecule has 1 fully saturated rings. The topological polar surface area (TPSA) is 108 Å². The number of aromatic nitrogens is 2. The van der Waals surface area contributed by atoms with Gasteiger partial charge in [-0.1, -0.05) is 30.3 Å². The highest BCUT2D eigenvalue weighted by atomic mass is 16.6. The molecule has 2 aromatic heterocycles. The molecule has 41 heavy (non-hydrogen) atoms. The molecule has 2 aliphatic heterocycles. The fraction of sp³-hybridized carbons (Fsp3) is 0.281. The van der Waals surface area contributed by atoms with Gasteiger partial charge in [-0.3, -0.25) is 9.69 Å². The summed E-state index contributed by atoms with van der Waals surface area (Å²) in [6.07, 6.45) is 3.20. The molecule has 1 amide bonds. The minimum atomic E-state index is -0.548. The van der Waals surface area contributed by atoms with Gasteiger partial charge in [0.05, 0.1) is 16.8 Å². The highest BCUT2D eigenvalue weighted by molar-refractivity contribution is 6.15. The summed E-state index contributed by atoms with van der Waals surface area (Å²) < 4.78 is 11.6. The maximum Gasteiger partial charge on any atom is 0.410 e. The molecule has 9 nitrogen and oxygen atoms in total. The van der Waals surface area contributed by atoms with E-state index in [0.29, 0.717) is 55.2 Å². The highest BCUT2D eigenvalue weighted by Gasteiger charge is 2.33. The van der Waals surface area contributed by atoms with Crippen LogP contribution in [0.5, 0.6) is 11.5 Å². The van der Waals surface area contributed by atoms with Crippen LogP contribution in [0.15, 0.2) is 66.6 Å². The number of amides is 1. The number of aromatic amines is 1. The third-order valence-electron chi connectivity index (χ3n) is 7.25. The number of fused-ring (bicyclic) bond motifs is 2. The van der Waals surface area contributed by atoms with Gasteiger partial charge in [-0.15, -0.1) is 0 Å². The number of pyridine rings is 1. The second-order valence-electron chi connectivity index (χ2n) is 11.3. The molecule has 210 valence electrons. The van der Waals surface area contributed by atoms with Gasteiger partial charge < -0.3 is 24.5 Å². The maximum absolute atomic E-state index is 13.3. The van der Waals surface area contributed by atoms with Gasteiger partial charge in [-0.2, -0.15) is 0 Å². The molecular weight excluding hydrogens is 520 g/mol. The van der Waals surface area contributed by atoms with Gasteiger partial charge in [0, 0.05) is 55.4 Å². The number of phenols is 1. The summed E-state index contributed by atoms with van der Waals surface area (Å²) in [4.78, 5) is 37.5. The van der Waals surface area contributed by atoms with E-state index in [-0.39, 0.29) is 23.4 Å². The number of ether oxygens (including phenoxy) is 2. The van der Waals surface area contributed by atoms with Crippen LogP contribution in [-0.4, -0.2) is 68.5 Å². The summed E-state index contributed by atoms with van der Waals surface area (Å²) in [5.41, 5.74) is 3.80. The molecular formula is C32H32N4O5. The predicted octanol–water partition coefficient (Wildman–Crippen LogP) is 5.60. The number of nitrogens with zero attached hydrogens (tertiary/aromatic N) is 3. The van der Waals surface area contributed by atoms with E-state index in [9.17, 15) is 14.7 Å². The number of hydrogen-bond acceptors (Lipinski definition) is 7. The zero-order valence-electron chi connectivity index (χ0n) is 23.3. The number of benzene rings is 2. The summed E-state index contributed by atoms with van der Waals surface area (Å²) in [6.45, 7) is 8.16. The lowest BCUT2D eigenvalue weighted by Gasteiger charge is -2.35. The van der Waals surface area contributed by atoms with Crippen LogP contribution >= 0.6 is 0 Å². The Kier molecular flexibility index (Phi) is 6.75. The smallest absolute Gasteiger partial charge is 0.410 e. The Balaban J connectivity index is 1.19.